The lowest BCUT2D eigenvalue weighted by molar-refractivity contribution is 0.101. The smallest absolute Gasteiger partial charge is 0.263 e. The maximum atomic E-state index is 12.8. The third-order valence-corrected chi connectivity index (χ3v) is 4.27. The van der Waals surface area contributed by atoms with Crippen LogP contribution in [0.25, 0.3) is 11.0 Å². The summed E-state index contributed by atoms with van der Waals surface area (Å²) in [5.74, 6) is -0.0772. The Morgan fingerprint density at radius 2 is 2.05 bits per heavy atom. The molecule has 1 aliphatic carbocycles. The van der Waals surface area contributed by atoms with Crippen LogP contribution < -0.4 is 11.3 Å². The largest absolute Gasteiger partial charge is 0.368 e. The van der Waals surface area contributed by atoms with Gasteiger partial charge in [-0.3, -0.25) is 14.2 Å². The Morgan fingerprint density at radius 1 is 1.38 bits per heavy atom. The lowest BCUT2D eigenvalue weighted by atomic mass is 10.0. The molecule has 0 amide bonds. The van der Waals surface area contributed by atoms with Gasteiger partial charge in [-0.25, -0.2) is 4.98 Å². The number of nitrogen functional groups attached to an aromatic ring is 1. The molecule has 110 valence electrons. The Morgan fingerprint density at radius 3 is 2.67 bits per heavy atom. The van der Waals surface area contributed by atoms with E-state index in [0.29, 0.717) is 11.2 Å². The van der Waals surface area contributed by atoms with Crippen LogP contribution >= 0.6 is 0 Å². The summed E-state index contributed by atoms with van der Waals surface area (Å²) in [5, 5.41) is 0.723. The van der Waals surface area contributed by atoms with Gasteiger partial charge in [-0.15, -0.1) is 0 Å². The molecule has 0 bridgehead atoms. The molecule has 2 N–H and O–H groups in total. The lowest BCUT2D eigenvalue weighted by Gasteiger charge is -2.19. The standard InChI is InChI=1S/C15H18N4O2/c1-8-11-7-17-15(16)18-13(11)19(10-5-3-4-6-10)14(21)12(8)9(2)20/h7,10H,3-6H2,1-2H3,(H2,16,17,18). The number of rotatable bonds is 2. The summed E-state index contributed by atoms with van der Waals surface area (Å²) < 4.78 is 1.66. The van der Waals surface area contributed by atoms with Crippen LogP contribution in [0, 0.1) is 6.92 Å². The van der Waals surface area contributed by atoms with E-state index in [2.05, 4.69) is 9.97 Å². The summed E-state index contributed by atoms with van der Waals surface area (Å²) in [6.07, 6.45) is 5.63. The van der Waals surface area contributed by atoms with Crippen LogP contribution in [0.3, 0.4) is 0 Å². The molecule has 2 heterocycles. The Balaban J connectivity index is 2.44. The second-order valence-electron chi connectivity index (χ2n) is 5.64. The number of nitrogens with zero attached hydrogens (tertiary/aromatic N) is 3. The van der Waals surface area contributed by atoms with E-state index >= 15 is 0 Å². The summed E-state index contributed by atoms with van der Waals surface area (Å²) in [6.45, 7) is 3.19. The summed E-state index contributed by atoms with van der Waals surface area (Å²) in [4.78, 5) is 32.9. The Labute approximate surface area is 122 Å². The number of carbonyl (C=O) groups excluding carboxylic acids is 1. The van der Waals surface area contributed by atoms with E-state index in [0.717, 1.165) is 31.1 Å². The molecular formula is C15H18N4O2. The second-order valence-corrected chi connectivity index (χ2v) is 5.64. The quantitative estimate of drug-likeness (QED) is 0.853. The van der Waals surface area contributed by atoms with Gasteiger partial charge >= 0.3 is 0 Å². The van der Waals surface area contributed by atoms with Gasteiger partial charge in [0, 0.05) is 17.6 Å². The third kappa shape index (κ3) is 2.11. The Hall–Kier alpha value is -2.24. The molecule has 0 spiro atoms. The van der Waals surface area contributed by atoms with Crippen molar-refractivity contribution in [2.45, 2.75) is 45.6 Å². The molecule has 6 heteroatoms. The number of hydrogen-bond acceptors (Lipinski definition) is 5. The van der Waals surface area contributed by atoms with Crippen LogP contribution in [0.15, 0.2) is 11.0 Å². The molecule has 2 aromatic rings. The highest BCUT2D eigenvalue weighted by molar-refractivity contribution is 5.99. The predicted molar refractivity (Wildman–Crippen MR) is 80.5 cm³/mol. The molecule has 6 nitrogen and oxygen atoms in total. The SMILES string of the molecule is CC(=O)c1c(C)c2cnc(N)nc2n(C2CCCC2)c1=O. The number of aromatic nitrogens is 3. The number of carbonyl (C=O) groups is 1. The van der Waals surface area contributed by atoms with Gasteiger partial charge in [0.2, 0.25) is 5.95 Å². The number of ketones is 1. The summed E-state index contributed by atoms with van der Waals surface area (Å²) in [6, 6.07) is 0.0907. The zero-order valence-corrected chi connectivity index (χ0v) is 12.2. The van der Waals surface area contributed by atoms with Gasteiger partial charge in [-0.05, 0) is 32.3 Å². The molecule has 1 aliphatic rings. The number of fused-ring (bicyclic) bond motifs is 1. The molecule has 0 radical (unpaired) electrons. The summed E-state index contributed by atoms with van der Waals surface area (Å²) >= 11 is 0. The second kappa shape index (κ2) is 4.95. The van der Waals surface area contributed by atoms with E-state index in [-0.39, 0.29) is 28.9 Å². The molecule has 0 saturated heterocycles. The highest BCUT2D eigenvalue weighted by atomic mass is 16.1. The number of hydrogen-bond donors (Lipinski definition) is 1. The van der Waals surface area contributed by atoms with Crippen molar-refractivity contribution >= 4 is 22.8 Å². The van der Waals surface area contributed by atoms with Crippen molar-refractivity contribution in [3.8, 4) is 0 Å². The predicted octanol–water partition coefficient (Wildman–Crippen LogP) is 2.00. The van der Waals surface area contributed by atoms with Gasteiger partial charge in [0.25, 0.3) is 5.56 Å². The zero-order chi connectivity index (χ0) is 15.1. The lowest BCUT2D eigenvalue weighted by Crippen LogP contribution is -2.30. The highest BCUT2D eigenvalue weighted by Gasteiger charge is 2.25. The third-order valence-electron chi connectivity index (χ3n) is 4.27. The van der Waals surface area contributed by atoms with Crippen molar-refractivity contribution < 1.29 is 4.79 Å². The number of anilines is 1. The van der Waals surface area contributed by atoms with Gasteiger partial charge in [0.15, 0.2) is 5.78 Å². The fourth-order valence-electron chi connectivity index (χ4n) is 3.26. The molecule has 2 aromatic heterocycles. The fraction of sp³-hybridized carbons (Fsp3) is 0.467. The number of aryl methyl sites for hydroxylation is 1. The maximum Gasteiger partial charge on any atom is 0.263 e. The zero-order valence-electron chi connectivity index (χ0n) is 12.2. The van der Waals surface area contributed by atoms with Gasteiger partial charge < -0.3 is 5.73 Å². The van der Waals surface area contributed by atoms with Crippen LogP contribution in [0.5, 0.6) is 0 Å². The minimum atomic E-state index is -0.252. The van der Waals surface area contributed by atoms with E-state index in [4.69, 9.17) is 5.73 Å². The number of Topliss-reactive ketones (excluding diaryl/α,β-unsaturated/α-hetero) is 1. The van der Waals surface area contributed by atoms with E-state index in [1.165, 1.54) is 6.92 Å². The van der Waals surface area contributed by atoms with Crippen LogP contribution in [-0.2, 0) is 0 Å². The monoisotopic (exact) mass is 286 g/mol. The minimum absolute atomic E-state index is 0.0907. The van der Waals surface area contributed by atoms with Gasteiger partial charge in [0.05, 0.1) is 5.56 Å². The van der Waals surface area contributed by atoms with Crippen molar-refractivity contribution in [1.29, 1.82) is 0 Å². The molecule has 1 saturated carbocycles. The molecule has 0 aromatic carbocycles. The van der Waals surface area contributed by atoms with Crippen molar-refractivity contribution in [2.75, 3.05) is 5.73 Å². The van der Waals surface area contributed by atoms with Crippen molar-refractivity contribution in [3.05, 3.63) is 27.7 Å². The van der Waals surface area contributed by atoms with Gasteiger partial charge in [0.1, 0.15) is 5.65 Å². The first-order valence-corrected chi connectivity index (χ1v) is 7.19. The molecule has 21 heavy (non-hydrogen) atoms. The summed E-state index contributed by atoms with van der Waals surface area (Å²) in [5.41, 5.74) is 6.85. The van der Waals surface area contributed by atoms with Crippen LogP contribution in [0.4, 0.5) is 5.95 Å². The first kappa shape index (κ1) is 13.7. The van der Waals surface area contributed by atoms with E-state index < -0.39 is 0 Å². The van der Waals surface area contributed by atoms with Crippen molar-refractivity contribution in [2.24, 2.45) is 0 Å². The van der Waals surface area contributed by atoms with E-state index in [1.54, 1.807) is 17.7 Å². The van der Waals surface area contributed by atoms with Crippen molar-refractivity contribution in [3.63, 3.8) is 0 Å². The first-order valence-electron chi connectivity index (χ1n) is 7.19. The number of pyridine rings is 1. The first-order chi connectivity index (χ1) is 10.0. The average molecular weight is 286 g/mol. The minimum Gasteiger partial charge on any atom is -0.368 e. The Bertz CT molecular complexity index is 788. The maximum absolute atomic E-state index is 12.8. The number of nitrogens with two attached hydrogens (primary N) is 1. The highest BCUT2D eigenvalue weighted by Crippen LogP contribution is 2.31. The van der Waals surface area contributed by atoms with Crippen LogP contribution in [0.1, 0.15) is 54.6 Å². The molecule has 3 rings (SSSR count). The summed E-state index contributed by atoms with van der Waals surface area (Å²) in [7, 11) is 0. The van der Waals surface area contributed by atoms with Crippen molar-refractivity contribution in [1.82, 2.24) is 14.5 Å². The molecule has 0 unspecified atom stereocenters. The van der Waals surface area contributed by atoms with Gasteiger partial charge in [-0.1, -0.05) is 12.8 Å². The van der Waals surface area contributed by atoms with E-state index in [9.17, 15) is 9.59 Å². The Kier molecular flexibility index (Phi) is 3.23. The average Bonchev–Trinajstić information content (AvgIpc) is 2.91. The normalized spacial score (nSPS) is 15.7. The molecule has 1 fully saturated rings. The van der Waals surface area contributed by atoms with Crippen LogP contribution in [0.2, 0.25) is 0 Å². The molecule has 0 aliphatic heterocycles. The fourth-order valence-corrected chi connectivity index (χ4v) is 3.26. The van der Waals surface area contributed by atoms with Gasteiger partial charge in [-0.2, -0.15) is 4.98 Å². The van der Waals surface area contributed by atoms with Crippen LogP contribution in [-0.4, -0.2) is 20.3 Å². The topological polar surface area (TPSA) is 90.9 Å². The molecule has 0 atom stereocenters. The molecular weight excluding hydrogens is 268 g/mol. The van der Waals surface area contributed by atoms with E-state index in [1.807, 2.05) is 0 Å².